The van der Waals surface area contributed by atoms with Crippen molar-refractivity contribution in [3.8, 4) is 5.75 Å². The Morgan fingerprint density at radius 1 is 1.38 bits per heavy atom. The van der Waals surface area contributed by atoms with Crippen molar-refractivity contribution in [3.05, 3.63) is 24.0 Å². The average molecular weight is 316 g/mol. The molecule has 0 saturated carbocycles. The van der Waals surface area contributed by atoms with Crippen LogP contribution in [0.4, 0.5) is 4.39 Å². The highest BCUT2D eigenvalue weighted by molar-refractivity contribution is 7.89. The molecule has 2 rings (SSSR count). The molecule has 1 aliphatic rings. The van der Waals surface area contributed by atoms with Gasteiger partial charge in [0, 0.05) is 0 Å². The van der Waals surface area contributed by atoms with Gasteiger partial charge < -0.3 is 4.74 Å². The molecule has 0 aromatic heterocycles. The molecule has 1 aromatic rings. The van der Waals surface area contributed by atoms with E-state index in [0.29, 0.717) is 0 Å². The first-order valence-corrected chi connectivity index (χ1v) is 7.40. The van der Waals surface area contributed by atoms with Crippen molar-refractivity contribution < 1.29 is 27.1 Å². The van der Waals surface area contributed by atoms with Crippen LogP contribution in [0.2, 0.25) is 0 Å². The van der Waals surface area contributed by atoms with Crippen LogP contribution < -0.4 is 10.1 Å². The predicted molar refractivity (Wildman–Crippen MR) is 69.5 cm³/mol. The summed E-state index contributed by atoms with van der Waals surface area (Å²) in [4.78, 5) is 22.5. The summed E-state index contributed by atoms with van der Waals surface area (Å²) >= 11 is 0. The van der Waals surface area contributed by atoms with E-state index in [-0.39, 0.29) is 10.6 Å². The number of sulfonamides is 1. The van der Waals surface area contributed by atoms with Crippen LogP contribution in [0.5, 0.6) is 5.75 Å². The first-order valence-electron chi connectivity index (χ1n) is 5.96. The number of hydrogen-bond donors (Lipinski definition) is 1. The van der Waals surface area contributed by atoms with Gasteiger partial charge in [0.15, 0.2) is 11.6 Å². The third-order valence-corrected chi connectivity index (χ3v) is 5.02. The largest absolute Gasteiger partial charge is 0.494 e. The van der Waals surface area contributed by atoms with Crippen molar-refractivity contribution in [1.82, 2.24) is 9.62 Å². The summed E-state index contributed by atoms with van der Waals surface area (Å²) in [7, 11) is -2.92. The van der Waals surface area contributed by atoms with Gasteiger partial charge in [-0.2, -0.15) is 4.31 Å². The molecule has 1 unspecified atom stereocenters. The number of halogens is 1. The molecule has 2 amide bonds. The molecule has 1 fully saturated rings. The number of imide groups is 1. The number of rotatable bonds is 3. The molecule has 0 aliphatic carbocycles. The Labute approximate surface area is 120 Å². The summed E-state index contributed by atoms with van der Waals surface area (Å²) in [5.41, 5.74) is 0. The van der Waals surface area contributed by atoms with Crippen LogP contribution in [0.25, 0.3) is 0 Å². The van der Waals surface area contributed by atoms with Gasteiger partial charge in [0.05, 0.1) is 18.6 Å². The normalized spacial score (nSPS) is 20.2. The van der Waals surface area contributed by atoms with Gasteiger partial charge in [0.2, 0.25) is 21.8 Å². The maximum Gasteiger partial charge on any atom is 0.244 e. The number of methoxy groups -OCH3 is 1. The zero-order chi connectivity index (χ0) is 15.8. The number of carbonyl (C=O) groups excluding carboxylic acids is 2. The molecule has 114 valence electrons. The lowest BCUT2D eigenvalue weighted by molar-refractivity contribution is -0.136. The third kappa shape index (κ3) is 2.74. The monoisotopic (exact) mass is 316 g/mol. The van der Waals surface area contributed by atoms with E-state index in [2.05, 4.69) is 0 Å². The Bertz CT molecular complexity index is 704. The van der Waals surface area contributed by atoms with Crippen molar-refractivity contribution in [3.63, 3.8) is 0 Å². The van der Waals surface area contributed by atoms with E-state index in [4.69, 9.17) is 4.74 Å². The topological polar surface area (TPSA) is 92.8 Å². The highest BCUT2D eigenvalue weighted by Crippen LogP contribution is 2.25. The second-order valence-corrected chi connectivity index (χ2v) is 6.33. The maximum atomic E-state index is 13.6. The first-order chi connectivity index (χ1) is 9.77. The van der Waals surface area contributed by atoms with Gasteiger partial charge in [-0.15, -0.1) is 0 Å². The molecule has 1 aliphatic heterocycles. The van der Waals surface area contributed by atoms with Gasteiger partial charge in [0.1, 0.15) is 6.04 Å². The molecular formula is C12H13FN2O5S. The highest BCUT2D eigenvalue weighted by atomic mass is 32.2. The fraction of sp³-hybridized carbons (Fsp3) is 0.333. The molecule has 7 nitrogen and oxygen atoms in total. The van der Waals surface area contributed by atoms with E-state index < -0.39 is 40.2 Å². The maximum absolute atomic E-state index is 13.6. The standard InChI is InChI=1S/C12H13FN2O5S/c1-7-12(17)14-11(16)6-15(7)21(18,19)8-3-4-10(20-2)9(13)5-8/h3-5,7H,6H2,1-2H3,(H,14,16,17). The zero-order valence-corrected chi connectivity index (χ0v) is 12.1. The number of nitrogens with one attached hydrogen (secondary N) is 1. The molecule has 1 N–H and O–H groups in total. The van der Waals surface area contributed by atoms with Gasteiger partial charge in [-0.05, 0) is 25.1 Å². The van der Waals surface area contributed by atoms with Gasteiger partial charge in [0.25, 0.3) is 0 Å². The zero-order valence-electron chi connectivity index (χ0n) is 11.3. The molecular weight excluding hydrogens is 303 g/mol. The average Bonchev–Trinajstić information content (AvgIpc) is 2.42. The fourth-order valence-corrected chi connectivity index (χ4v) is 3.49. The molecule has 9 heteroatoms. The number of ether oxygens (including phenoxy) is 1. The lowest BCUT2D eigenvalue weighted by Crippen LogP contribution is -2.58. The van der Waals surface area contributed by atoms with E-state index in [9.17, 15) is 22.4 Å². The van der Waals surface area contributed by atoms with Crippen molar-refractivity contribution in [2.24, 2.45) is 0 Å². The van der Waals surface area contributed by atoms with Gasteiger partial charge in [-0.1, -0.05) is 0 Å². The summed E-state index contributed by atoms with van der Waals surface area (Å²) in [5.74, 6) is -2.40. The lowest BCUT2D eigenvalue weighted by Gasteiger charge is -2.30. The second-order valence-electron chi connectivity index (χ2n) is 4.44. The van der Waals surface area contributed by atoms with E-state index in [0.717, 1.165) is 16.4 Å². The van der Waals surface area contributed by atoms with Crippen molar-refractivity contribution >= 4 is 21.8 Å². The van der Waals surface area contributed by atoms with E-state index in [1.54, 1.807) is 0 Å². The van der Waals surface area contributed by atoms with Crippen LogP contribution in [0.15, 0.2) is 23.1 Å². The number of carbonyl (C=O) groups is 2. The predicted octanol–water partition coefficient (Wildman–Crippen LogP) is -0.130. The van der Waals surface area contributed by atoms with Crippen LogP contribution in [0.1, 0.15) is 6.92 Å². The minimum absolute atomic E-state index is 0.102. The number of nitrogens with zero attached hydrogens (tertiary/aromatic N) is 1. The summed E-state index contributed by atoms with van der Waals surface area (Å²) in [6.45, 7) is 0.849. The summed E-state index contributed by atoms with van der Waals surface area (Å²) < 4.78 is 43.9. The Kier molecular flexibility index (Phi) is 3.97. The molecule has 0 bridgehead atoms. The number of piperazine rings is 1. The van der Waals surface area contributed by atoms with Gasteiger partial charge in [-0.3, -0.25) is 14.9 Å². The SMILES string of the molecule is COc1ccc(S(=O)(=O)N2CC(=O)NC(=O)C2C)cc1F. The van der Waals surface area contributed by atoms with Crippen molar-refractivity contribution in [2.75, 3.05) is 13.7 Å². The quantitative estimate of drug-likeness (QED) is 0.784. The minimum Gasteiger partial charge on any atom is -0.494 e. The van der Waals surface area contributed by atoms with Crippen LogP contribution >= 0.6 is 0 Å². The van der Waals surface area contributed by atoms with Gasteiger partial charge in [-0.25, -0.2) is 12.8 Å². The van der Waals surface area contributed by atoms with Crippen LogP contribution in [0, 0.1) is 5.82 Å². The van der Waals surface area contributed by atoms with Crippen molar-refractivity contribution in [1.29, 1.82) is 0 Å². The lowest BCUT2D eigenvalue weighted by atomic mass is 10.2. The second kappa shape index (κ2) is 5.41. The van der Waals surface area contributed by atoms with Crippen molar-refractivity contribution in [2.45, 2.75) is 17.9 Å². The fourth-order valence-electron chi connectivity index (χ4n) is 1.93. The Balaban J connectivity index is 2.43. The van der Waals surface area contributed by atoms with Crippen LogP contribution in [-0.2, 0) is 19.6 Å². The van der Waals surface area contributed by atoms with Crippen LogP contribution in [0.3, 0.4) is 0 Å². The summed E-state index contributed by atoms with van der Waals surface area (Å²) in [6.07, 6.45) is 0. The molecule has 21 heavy (non-hydrogen) atoms. The van der Waals surface area contributed by atoms with E-state index in [1.165, 1.54) is 20.1 Å². The van der Waals surface area contributed by atoms with Gasteiger partial charge >= 0.3 is 0 Å². The molecule has 1 heterocycles. The molecule has 1 saturated heterocycles. The van der Waals surface area contributed by atoms with E-state index >= 15 is 0 Å². The Morgan fingerprint density at radius 2 is 2.05 bits per heavy atom. The molecule has 0 spiro atoms. The minimum atomic E-state index is -4.17. The van der Waals surface area contributed by atoms with Crippen LogP contribution in [-0.4, -0.2) is 44.2 Å². The number of hydrogen-bond acceptors (Lipinski definition) is 5. The summed E-state index contributed by atoms with van der Waals surface area (Å²) in [5, 5.41) is 2.03. The third-order valence-electron chi connectivity index (χ3n) is 3.10. The Morgan fingerprint density at radius 3 is 2.62 bits per heavy atom. The first kappa shape index (κ1) is 15.4. The molecule has 1 aromatic carbocycles. The molecule has 1 atom stereocenters. The Hall–Kier alpha value is -2.00. The summed E-state index contributed by atoms with van der Waals surface area (Å²) in [6, 6.07) is 2.05. The smallest absolute Gasteiger partial charge is 0.244 e. The molecule has 0 radical (unpaired) electrons. The number of benzene rings is 1. The van der Waals surface area contributed by atoms with E-state index in [1.807, 2.05) is 5.32 Å². The number of amides is 2. The highest BCUT2D eigenvalue weighted by Gasteiger charge is 2.39.